The van der Waals surface area contributed by atoms with Crippen LogP contribution in [0.4, 0.5) is 0 Å². The predicted octanol–water partition coefficient (Wildman–Crippen LogP) is -1.41. The molecule has 14 nitrogen and oxygen atoms in total. The van der Waals surface area contributed by atoms with Crippen LogP contribution in [-0.2, 0) is 19.7 Å². The Bertz CT molecular complexity index is 1020. The van der Waals surface area contributed by atoms with Gasteiger partial charge in [-0.25, -0.2) is 4.79 Å². The summed E-state index contributed by atoms with van der Waals surface area (Å²) in [5.74, 6) is -3.59. The summed E-state index contributed by atoms with van der Waals surface area (Å²) in [5, 5.41) is 29.0. The Labute approximate surface area is 209 Å². The highest BCUT2D eigenvalue weighted by molar-refractivity contribution is 7.86. The van der Waals surface area contributed by atoms with Gasteiger partial charge in [0.05, 0.1) is 13.1 Å². The van der Waals surface area contributed by atoms with Gasteiger partial charge in [-0.1, -0.05) is 0 Å². The molecule has 15 heteroatoms. The number of carbonyl (C=O) groups excluding carboxylic acids is 1. The van der Waals surface area contributed by atoms with E-state index in [9.17, 15) is 33.3 Å². The average Bonchev–Trinajstić information content (AvgIpc) is 3.03. The zero-order chi connectivity index (χ0) is 26.3. The second kappa shape index (κ2) is 12.7. The Morgan fingerprint density at radius 1 is 0.806 bits per heavy atom. The molecule has 0 radical (unpaired) electrons. The molecule has 0 saturated carbocycles. The average molecular weight is 534 g/mol. The summed E-state index contributed by atoms with van der Waals surface area (Å²) in [6.45, 7) is 7.23. The summed E-state index contributed by atoms with van der Waals surface area (Å²) in [7, 11) is -4.82. The molecule has 2 aliphatic rings. The minimum Gasteiger partial charge on any atom is -0.492 e. The van der Waals surface area contributed by atoms with Crippen molar-refractivity contribution in [3.8, 4) is 11.8 Å². The van der Waals surface area contributed by atoms with E-state index >= 15 is 0 Å². The normalized spacial score (nSPS) is 23.6. The van der Waals surface area contributed by atoms with Gasteiger partial charge >= 0.3 is 11.9 Å². The number of aromatic nitrogens is 1. The first-order valence-corrected chi connectivity index (χ1v) is 13.4. The molecule has 0 spiro atoms. The lowest BCUT2D eigenvalue weighted by molar-refractivity contribution is -0.147. The van der Waals surface area contributed by atoms with Crippen molar-refractivity contribution >= 4 is 22.1 Å². The summed E-state index contributed by atoms with van der Waals surface area (Å²) in [6, 6.07) is 0.583. The predicted molar refractivity (Wildman–Crippen MR) is 126 cm³/mol. The lowest BCUT2D eigenvalue weighted by atomic mass is 10.3. The molecule has 2 fully saturated rings. The van der Waals surface area contributed by atoms with Crippen molar-refractivity contribution in [1.82, 2.24) is 24.3 Å². The zero-order valence-corrected chi connectivity index (χ0v) is 21.0. The molecule has 2 aliphatic heterocycles. The highest BCUT2D eigenvalue weighted by atomic mass is 32.2. The number of fused-ring (bicyclic) bond motifs is 4. The smallest absolute Gasteiger partial charge is 0.347 e. The number of carboxylic acids is 1. The van der Waals surface area contributed by atoms with Gasteiger partial charge in [-0.05, 0) is 45.4 Å². The van der Waals surface area contributed by atoms with Gasteiger partial charge in [-0.2, -0.15) is 8.42 Å². The Morgan fingerprint density at radius 2 is 1.31 bits per heavy atom. The summed E-state index contributed by atoms with van der Waals surface area (Å²) in [4.78, 5) is 36.3. The van der Waals surface area contributed by atoms with Gasteiger partial charge in [0.15, 0.2) is 4.90 Å². The van der Waals surface area contributed by atoms with Crippen LogP contribution in [0.5, 0.6) is 11.8 Å². The first kappa shape index (κ1) is 28.1. The monoisotopic (exact) mass is 533 g/mol. The Kier molecular flexibility index (Phi) is 9.92. The van der Waals surface area contributed by atoms with Crippen LogP contribution < -0.4 is 4.84 Å². The molecule has 36 heavy (non-hydrogen) atoms. The number of aromatic hydroxyl groups is 2. The number of hydrogen-bond donors (Lipinski definition) is 4. The van der Waals surface area contributed by atoms with Gasteiger partial charge in [-0.3, -0.25) is 19.1 Å². The number of nitrogens with zero attached hydrogens (tertiary/aromatic N) is 5. The summed E-state index contributed by atoms with van der Waals surface area (Å²) in [6.07, 6.45) is 2.58. The molecule has 1 aromatic heterocycles. The molecule has 2 bridgehead atoms. The van der Waals surface area contributed by atoms with Crippen LogP contribution in [0.1, 0.15) is 19.3 Å². The van der Waals surface area contributed by atoms with Crippen molar-refractivity contribution in [1.29, 1.82) is 0 Å². The fourth-order valence-electron chi connectivity index (χ4n) is 4.56. The highest BCUT2D eigenvalue weighted by Crippen LogP contribution is 2.29. The summed E-state index contributed by atoms with van der Waals surface area (Å²) in [5.41, 5.74) is 0. The Morgan fingerprint density at radius 3 is 1.78 bits per heavy atom. The first-order valence-electron chi connectivity index (χ1n) is 12.0. The topological polar surface area (TPSA) is 176 Å². The van der Waals surface area contributed by atoms with Gasteiger partial charge in [0.25, 0.3) is 16.0 Å². The van der Waals surface area contributed by atoms with Crippen LogP contribution in [0, 0.1) is 0 Å². The van der Waals surface area contributed by atoms with E-state index in [-0.39, 0.29) is 17.8 Å². The summed E-state index contributed by atoms with van der Waals surface area (Å²) < 4.78 is 32.0. The maximum atomic E-state index is 12.6. The van der Waals surface area contributed by atoms with Crippen molar-refractivity contribution in [2.75, 3.05) is 78.5 Å². The molecule has 2 saturated heterocycles. The molecule has 0 amide bonds. The van der Waals surface area contributed by atoms with Gasteiger partial charge in [0.2, 0.25) is 5.88 Å². The third-order valence-electron chi connectivity index (χ3n) is 6.37. The second-order valence-corrected chi connectivity index (χ2v) is 10.5. The van der Waals surface area contributed by atoms with E-state index in [4.69, 9.17) is 9.39 Å². The molecule has 0 aromatic carbocycles. The SMILES string of the molecule is O=C(O)CN1CCCN2CCCN(CCCN(CC(=O)On3c(O)cc(S(=O)(=O)O)c3O)CC2)CC1. The van der Waals surface area contributed by atoms with Gasteiger partial charge in [0.1, 0.15) is 0 Å². The molecule has 2 atom stereocenters. The van der Waals surface area contributed by atoms with Crippen molar-refractivity contribution in [2.45, 2.75) is 24.2 Å². The van der Waals surface area contributed by atoms with E-state index in [0.717, 1.165) is 52.0 Å². The lowest BCUT2D eigenvalue weighted by Crippen LogP contribution is -2.42. The van der Waals surface area contributed by atoms with Crippen LogP contribution in [0.25, 0.3) is 0 Å². The first-order chi connectivity index (χ1) is 17.0. The van der Waals surface area contributed by atoms with Crippen molar-refractivity contribution < 1.29 is 42.7 Å². The van der Waals surface area contributed by atoms with Crippen molar-refractivity contribution in [3.63, 3.8) is 0 Å². The molecule has 1 aromatic rings. The van der Waals surface area contributed by atoms with Crippen LogP contribution in [0.2, 0.25) is 0 Å². The third kappa shape index (κ3) is 8.31. The van der Waals surface area contributed by atoms with E-state index < -0.39 is 38.7 Å². The Balaban J connectivity index is 1.64. The standard InChI is InChI=1S/C21H35N5O9S/c27-18-14-17(36(32,33)34)21(31)26(18)35-20(30)16-25-9-3-7-22-4-1-5-23(11-13-25)6-2-8-24(12-10-22)15-19(28)29/h14,27,31H,1-13,15-16H2,(H,28,29)(H,32,33,34). The van der Waals surface area contributed by atoms with Crippen molar-refractivity contribution in [2.24, 2.45) is 0 Å². The quantitative estimate of drug-likeness (QED) is 0.314. The number of carboxylic acid groups (broad SMARTS) is 1. The molecular formula is C21H35N5O9S. The number of aliphatic carboxylic acids is 1. The van der Waals surface area contributed by atoms with Crippen LogP contribution in [0.15, 0.2) is 11.0 Å². The molecule has 2 unspecified atom stereocenters. The molecule has 0 aliphatic carbocycles. The van der Waals surface area contributed by atoms with E-state index in [1.54, 1.807) is 0 Å². The minimum absolute atomic E-state index is 0.0297. The number of rotatable bonds is 6. The van der Waals surface area contributed by atoms with Gasteiger partial charge in [-0.15, -0.1) is 4.73 Å². The zero-order valence-electron chi connectivity index (χ0n) is 20.2. The molecule has 3 heterocycles. The maximum Gasteiger partial charge on any atom is 0.347 e. The van der Waals surface area contributed by atoms with E-state index in [1.165, 1.54) is 0 Å². The molecule has 204 valence electrons. The fourth-order valence-corrected chi connectivity index (χ4v) is 5.13. The largest absolute Gasteiger partial charge is 0.492 e. The highest BCUT2D eigenvalue weighted by Gasteiger charge is 2.27. The van der Waals surface area contributed by atoms with Crippen LogP contribution in [0.3, 0.4) is 0 Å². The van der Waals surface area contributed by atoms with E-state index in [2.05, 4.69) is 9.80 Å². The minimum atomic E-state index is -4.82. The fraction of sp³-hybridized carbons (Fsp3) is 0.714. The van der Waals surface area contributed by atoms with Crippen molar-refractivity contribution in [3.05, 3.63) is 6.07 Å². The third-order valence-corrected chi connectivity index (χ3v) is 7.23. The Hall–Kier alpha value is -2.43. The number of hydrogen-bond acceptors (Lipinski definition) is 11. The molecule has 4 N–H and O–H groups in total. The second-order valence-electron chi connectivity index (χ2n) is 9.11. The van der Waals surface area contributed by atoms with Gasteiger partial charge < -0.3 is 30.0 Å². The summed E-state index contributed by atoms with van der Waals surface area (Å²) >= 11 is 0. The molecular weight excluding hydrogens is 498 g/mol. The number of carbonyl (C=O) groups is 2. The van der Waals surface area contributed by atoms with E-state index in [1.807, 2.05) is 9.80 Å². The lowest BCUT2D eigenvalue weighted by Gasteiger charge is -2.28. The van der Waals surface area contributed by atoms with E-state index in [0.29, 0.717) is 38.8 Å². The van der Waals surface area contributed by atoms with Crippen LogP contribution >= 0.6 is 0 Å². The maximum absolute atomic E-state index is 12.6. The van der Waals surface area contributed by atoms with Crippen LogP contribution in [-0.4, -0.2) is 143 Å². The molecule has 3 rings (SSSR count). The van der Waals surface area contributed by atoms with Gasteiger partial charge in [0, 0.05) is 45.3 Å².